The van der Waals surface area contributed by atoms with E-state index in [0.29, 0.717) is 33.0 Å². The van der Waals surface area contributed by atoms with Gasteiger partial charge in [0, 0.05) is 16.4 Å². The maximum absolute atomic E-state index is 13.1. The maximum atomic E-state index is 13.1. The number of halogens is 1. The Kier molecular flexibility index (Phi) is 3.94. The number of aromatic nitrogens is 2. The van der Waals surface area contributed by atoms with Crippen LogP contribution < -0.4 is 16.1 Å². The summed E-state index contributed by atoms with van der Waals surface area (Å²) in [7, 11) is 0. The number of fused-ring (bicyclic) bond motifs is 3. The molecule has 0 saturated heterocycles. The molecule has 0 atom stereocenters. The maximum Gasteiger partial charge on any atom is 0.265 e. The standard InChI is InChI=1S/C20H13BrN4O/c1-12-15(10-22)19-24-17-7-2-3-8-18(17)25(19)20(26)16(12)11-23-14-6-4-5-13(21)9-14/h2-9,11,23H,1H3. The smallest absolute Gasteiger partial charge is 0.265 e. The van der Waals surface area contributed by atoms with Crippen LogP contribution in [0.4, 0.5) is 5.69 Å². The van der Waals surface area contributed by atoms with Gasteiger partial charge in [0.1, 0.15) is 6.07 Å². The molecule has 0 bridgehead atoms. The lowest BCUT2D eigenvalue weighted by Crippen LogP contribution is -2.34. The molecule has 0 radical (unpaired) electrons. The molecule has 5 nitrogen and oxygen atoms in total. The Balaban J connectivity index is 2.03. The van der Waals surface area contributed by atoms with E-state index in [9.17, 15) is 10.1 Å². The van der Waals surface area contributed by atoms with Crippen molar-refractivity contribution in [2.45, 2.75) is 6.92 Å². The number of hydrogen-bond acceptors (Lipinski definition) is 4. The van der Waals surface area contributed by atoms with E-state index >= 15 is 0 Å². The number of nitrogens with one attached hydrogen (secondary N) is 1. The van der Waals surface area contributed by atoms with Gasteiger partial charge < -0.3 is 5.32 Å². The fraction of sp³-hybridized carbons (Fsp3) is 0.0500. The summed E-state index contributed by atoms with van der Waals surface area (Å²) in [4.78, 5) is 17.6. The van der Waals surface area contributed by atoms with E-state index < -0.39 is 0 Å². The van der Waals surface area contributed by atoms with E-state index in [4.69, 9.17) is 0 Å². The summed E-state index contributed by atoms with van der Waals surface area (Å²) in [5.41, 5.74) is 3.44. The molecule has 4 rings (SSSR count). The molecule has 0 fully saturated rings. The highest BCUT2D eigenvalue weighted by Gasteiger charge is 2.15. The third-order valence-corrected chi connectivity index (χ3v) is 4.81. The zero-order valence-electron chi connectivity index (χ0n) is 13.8. The topological polar surface area (TPSA) is 70.2 Å². The summed E-state index contributed by atoms with van der Waals surface area (Å²) >= 11 is 3.42. The number of hydrogen-bond donors (Lipinski definition) is 1. The fourth-order valence-electron chi connectivity index (χ4n) is 3.02. The minimum absolute atomic E-state index is 0.201. The molecule has 26 heavy (non-hydrogen) atoms. The van der Waals surface area contributed by atoms with Crippen LogP contribution >= 0.6 is 15.9 Å². The molecule has 0 amide bonds. The number of nitriles is 1. The first-order chi connectivity index (χ1) is 12.6. The SMILES string of the molecule is Cc1c(C#N)c2nc3ccccc3n2c(=O)c1=CNc1cccc(Br)c1. The van der Waals surface area contributed by atoms with Crippen LogP contribution in [-0.2, 0) is 0 Å². The van der Waals surface area contributed by atoms with Crippen LogP contribution in [-0.4, -0.2) is 9.38 Å². The van der Waals surface area contributed by atoms with Crippen LogP contribution in [0.1, 0.15) is 11.1 Å². The summed E-state index contributed by atoms with van der Waals surface area (Å²) in [5.74, 6) is 0. The lowest BCUT2D eigenvalue weighted by Gasteiger charge is -2.04. The number of para-hydroxylation sites is 2. The van der Waals surface area contributed by atoms with Crippen molar-refractivity contribution in [1.29, 1.82) is 5.26 Å². The lowest BCUT2D eigenvalue weighted by atomic mass is 10.1. The summed E-state index contributed by atoms with van der Waals surface area (Å²) in [5, 5.41) is 13.2. The van der Waals surface area contributed by atoms with Crippen molar-refractivity contribution in [3.63, 3.8) is 0 Å². The van der Waals surface area contributed by atoms with Gasteiger partial charge in [-0.05, 0) is 42.8 Å². The van der Waals surface area contributed by atoms with Gasteiger partial charge in [0.05, 0.1) is 21.8 Å². The monoisotopic (exact) mass is 404 g/mol. The third kappa shape index (κ3) is 2.54. The minimum Gasteiger partial charge on any atom is -0.361 e. The van der Waals surface area contributed by atoms with E-state index in [0.717, 1.165) is 10.2 Å². The molecule has 4 aromatic rings. The van der Waals surface area contributed by atoms with Gasteiger partial charge in [-0.3, -0.25) is 9.20 Å². The van der Waals surface area contributed by atoms with E-state index in [1.54, 1.807) is 13.1 Å². The Morgan fingerprint density at radius 3 is 2.81 bits per heavy atom. The highest BCUT2D eigenvalue weighted by atomic mass is 79.9. The average Bonchev–Trinajstić information content (AvgIpc) is 3.01. The second-order valence-electron chi connectivity index (χ2n) is 5.89. The molecule has 0 spiro atoms. The van der Waals surface area contributed by atoms with Crippen molar-refractivity contribution >= 4 is 44.5 Å². The molecular weight excluding hydrogens is 392 g/mol. The predicted molar refractivity (Wildman–Crippen MR) is 106 cm³/mol. The van der Waals surface area contributed by atoms with Crippen molar-refractivity contribution in [3.05, 3.63) is 79.7 Å². The van der Waals surface area contributed by atoms with Crippen molar-refractivity contribution in [2.75, 3.05) is 5.32 Å². The normalized spacial score (nSPS) is 11.8. The third-order valence-electron chi connectivity index (χ3n) is 4.32. The van der Waals surface area contributed by atoms with Crippen LogP contribution in [0.15, 0.2) is 57.8 Å². The first-order valence-corrected chi connectivity index (χ1v) is 8.75. The summed E-state index contributed by atoms with van der Waals surface area (Å²) in [6.07, 6.45) is 1.65. The zero-order chi connectivity index (χ0) is 18.3. The van der Waals surface area contributed by atoms with Crippen LogP contribution in [0.3, 0.4) is 0 Å². The second-order valence-corrected chi connectivity index (χ2v) is 6.80. The molecule has 0 saturated carbocycles. The van der Waals surface area contributed by atoms with E-state index in [1.165, 1.54) is 4.40 Å². The van der Waals surface area contributed by atoms with E-state index in [2.05, 4.69) is 32.3 Å². The summed E-state index contributed by atoms with van der Waals surface area (Å²) in [6, 6.07) is 17.2. The van der Waals surface area contributed by atoms with Gasteiger partial charge >= 0.3 is 0 Å². The summed E-state index contributed by atoms with van der Waals surface area (Å²) < 4.78 is 2.44. The van der Waals surface area contributed by atoms with Gasteiger partial charge in [0.15, 0.2) is 5.65 Å². The van der Waals surface area contributed by atoms with Crippen molar-refractivity contribution < 1.29 is 0 Å². The minimum atomic E-state index is -0.201. The second kappa shape index (κ2) is 6.28. The van der Waals surface area contributed by atoms with Crippen LogP contribution in [0.5, 0.6) is 0 Å². The fourth-order valence-corrected chi connectivity index (χ4v) is 3.42. The molecule has 0 unspecified atom stereocenters. The Hall–Kier alpha value is -3.17. The number of pyridine rings is 1. The van der Waals surface area contributed by atoms with E-state index in [1.807, 2.05) is 48.5 Å². The number of benzene rings is 2. The first kappa shape index (κ1) is 16.3. The Morgan fingerprint density at radius 2 is 2.04 bits per heavy atom. The van der Waals surface area contributed by atoms with Crippen LogP contribution in [0.2, 0.25) is 0 Å². The van der Waals surface area contributed by atoms with Gasteiger partial charge in [-0.2, -0.15) is 5.26 Å². The van der Waals surface area contributed by atoms with Crippen molar-refractivity contribution in [3.8, 4) is 6.07 Å². The van der Waals surface area contributed by atoms with Gasteiger partial charge in [-0.15, -0.1) is 0 Å². The van der Waals surface area contributed by atoms with Gasteiger partial charge in [-0.1, -0.05) is 34.1 Å². The predicted octanol–water partition coefficient (Wildman–Crippen LogP) is 3.36. The largest absolute Gasteiger partial charge is 0.361 e. The number of nitrogens with zero attached hydrogens (tertiary/aromatic N) is 3. The molecule has 1 N–H and O–H groups in total. The Labute approximate surface area is 157 Å². The molecule has 6 heteroatoms. The van der Waals surface area contributed by atoms with Gasteiger partial charge in [0.25, 0.3) is 5.56 Å². The highest BCUT2D eigenvalue weighted by Crippen LogP contribution is 2.18. The average molecular weight is 405 g/mol. The summed E-state index contributed by atoms with van der Waals surface area (Å²) in [6.45, 7) is 1.77. The first-order valence-electron chi connectivity index (χ1n) is 7.96. The van der Waals surface area contributed by atoms with Gasteiger partial charge in [0.2, 0.25) is 0 Å². The van der Waals surface area contributed by atoms with E-state index in [-0.39, 0.29) is 5.56 Å². The van der Waals surface area contributed by atoms with Crippen molar-refractivity contribution in [2.24, 2.45) is 0 Å². The number of imidazole rings is 1. The zero-order valence-corrected chi connectivity index (χ0v) is 15.4. The highest BCUT2D eigenvalue weighted by molar-refractivity contribution is 9.10. The molecule has 2 heterocycles. The Bertz CT molecular complexity index is 1320. The number of rotatable bonds is 2. The quantitative estimate of drug-likeness (QED) is 0.555. The molecule has 2 aromatic carbocycles. The lowest BCUT2D eigenvalue weighted by molar-refractivity contribution is 1.10. The van der Waals surface area contributed by atoms with Gasteiger partial charge in [-0.25, -0.2) is 4.98 Å². The van der Waals surface area contributed by atoms with Crippen LogP contribution in [0.25, 0.3) is 22.9 Å². The van der Waals surface area contributed by atoms with Crippen LogP contribution in [0, 0.1) is 18.3 Å². The molecule has 0 aliphatic heterocycles. The molecule has 126 valence electrons. The Morgan fingerprint density at radius 1 is 1.23 bits per heavy atom. The molecule has 0 aliphatic rings. The molecule has 2 aromatic heterocycles. The molecular formula is C20H13BrN4O. The number of anilines is 1. The van der Waals surface area contributed by atoms with Crippen molar-refractivity contribution in [1.82, 2.24) is 9.38 Å². The molecule has 0 aliphatic carbocycles.